The molecule has 5 rings (SSSR count). The highest BCUT2D eigenvalue weighted by Gasteiger charge is 2.33. The van der Waals surface area contributed by atoms with E-state index in [4.69, 9.17) is 4.74 Å². The number of carbonyl (C=O) groups is 3. The number of esters is 1. The Hall–Kier alpha value is -5.03. The lowest BCUT2D eigenvalue weighted by molar-refractivity contribution is 0.0500. The molecule has 0 unspecified atom stereocenters. The average molecular weight is 449 g/mol. The topological polar surface area (TPSA) is 133 Å². The van der Waals surface area contributed by atoms with Crippen molar-refractivity contribution in [1.82, 2.24) is 9.97 Å². The van der Waals surface area contributed by atoms with Crippen LogP contribution in [0.3, 0.4) is 0 Å². The summed E-state index contributed by atoms with van der Waals surface area (Å²) in [4.78, 5) is 46.0. The highest BCUT2D eigenvalue weighted by Crippen LogP contribution is 2.30. The van der Waals surface area contributed by atoms with E-state index in [1.54, 1.807) is 42.5 Å². The predicted molar refractivity (Wildman–Crippen MR) is 121 cm³/mol. The Balaban J connectivity index is 1.44. The van der Waals surface area contributed by atoms with E-state index >= 15 is 0 Å². The van der Waals surface area contributed by atoms with E-state index < -0.39 is 24.1 Å². The van der Waals surface area contributed by atoms with Crippen molar-refractivity contribution in [3.63, 3.8) is 0 Å². The fourth-order valence-electron chi connectivity index (χ4n) is 3.92. The summed E-state index contributed by atoms with van der Waals surface area (Å²) in [6.07, 6.45) is 0. The lowest BCUT2D eigenvalue weighted by Crippen LogP contribution is -2.24. The number of nitrogens with one attached hydrogen (secondary N) is 1. The zero-order chi connectivity index (χ0) is 23.8. The minimum atomic E-state index is -0.911. The smallest absolute Gasteiger partial charge is 0.339 e. The van der Waals surface area contributed by atoms with Crippen molar-refractivity contribution in [3.8, 4) is 6.07 Å². The largest absolute Gasteiger partial charge is 0.507 e. The Labute approximate surface area is 192 Å². The molecule has 0 aliphatic heterocycles. The first-order valence-corrected chi connectivity index (χ1v) is 10.3. The van der Waals surface area contributed by atoms with Gasteiger partial charge in [0.1, 0.15) is 18.2 Å². The molecule has 0 spiro atoms. The second-order valence-corrected chi connectivity index (χ2v) is 7.54. The van der Waals surface area contributed by atoms with Crippen LogP contribution in [0.2, 0.25) is 0 Å². The summed E-state index contributed by atoms with van der Waals surface area (Å²) in [5.74, 6) is -2.11. The number of aromatic amines is 1. The third-order valence-electron chi connectivity index (χ3n) is 5.54. The number of hydrogen-bond donors (Lipinski definition) is 2. The summed E-state index contributed by atoms with van der Waals surface area (Å²) in [5.41, 5.74) is 1.55. The molecule has 0 saturated carbocycles. The molecule has 4 aromatic rings. The van der Waals surface area contributed by atoms with Crippen LogP contribution in [0.5, 0.6) is 0 Å². The van der Waals surface area contributed by atoms with E-state index in [9.17, 15) is 24.8 Å². The van der Waals surface area contributed by atoms with Crippen molar-refractivity contribution in [2.45, 2.75) is 0 Å². The molecule has 0 atom stereocenters. The molecule has 0 radical (unpaired) electrons. The number of hydrogen-bond acceptors (Lipinski definition) is 7. The molecule has 0 bridgehead atoms. The van der Waals surface area contributed by atoms with Gasteiger partial charge in [-0.15, -0.1) is 0 Å². The number of aromatic nitrogens is 2. The zero-order valence-electron chi connectivity index (χ0n) is 17.5. The monoisotopic (exact) mass is 449 g/mol. The maximum atomic E-state index is 13.1. The van der Waals surface area contributed by atoms with Crippen LogP contribution in [0.4, 0.5) is 0 Å². The number of aliphatic hydroxyl groups is 1. The van der Waals surface area contributed by atoms with Crippen molar-refractivity contribution < 1.29 is 24.2 Å². The standard InChI is InChI=1S/C26H15N3O5/c27-12-18(25-28-19-10-3-4-11-20(19)29-25)21(30)13-34-26(33)17-9-5-8-16-22(17)24(32)15-7-2-1-6-14(15)23(16)31/h1-11,30H,13H2,(H,28,29)/b21-18-. The first kappa shape index (κ1) is 20.8. The first-order chi connectivity index (χ1) is 16.5. The lowest BCUT2D eigenvalue weighted by Gasteiger charge is -2.19. The second kappa shape index (κ2) is 8.15. The number of fused-ring (bicyclic) bond motifs is 3. The van der Waals surface area contributed by atoms with Gasteiger partial charge in [0.05, 0.1) is 16.6 Å². The Morgan fingerprint density at radius 2 is 1.62 bits per heavy atom. The van der Waals surface area contributed by atoms with Gasteiger partial charge >= 0.3 is 5.97 Å². The Kier molecular flexibility index (Phi) is 5.00. The number of para-hydroxylation sites is 2. The number of allylic oxidation sites excluding steroid dienone is 1. The molecule has 0 saturated heterocycles. The van der Waals surface area contributed by atoms with E-state index in [1.807, 2.05) is 6.07 Å². The number of aliphatic hydroxyl groups excluding tert-OH is 1. The normalized spacial score (nSPS) is 13.0. The number of H-pyrrole nitrogens is 1. The average Bonchev–Trinajstić information content (AvgIpc) is 3.29. The molecular weight excluding hydrogens is 434 g/mol. The van der Waals surface area contributed by atoms with Gasteiger partial charge in [0, 0.05) is 22.3 Å². The molecule has 8 heteroatoms. The number of benzene rings is 3. The maximum absolute atomic E-state index is 13.1. The van der Waals surface area contributed by atoms with Gasteiger partial charge in [0.25, 0.3) is 0 Å². The first-order valence-electron chi connectivity index (χ1n) is 10.3. The number of ether oxygens (including phenoxy) is 1. The Bertz CT molecular complexity index is 1560. The van der Waals surface area contributed by atoms with Crippen LogP contribution < -0.4 is 0 Å². The predicted octanol–water partition coefficient (Wildman–Crippen LogP) is 3.99. The molecule has 0 amide bonds. The molecule has 0 fully saturated rings. The van der Waals surface area contributed by atoms with Gasteiger partial charge in [0.2, 0.25) is 0 Å². The highest BCUT2D eigenvalue weighted by molar-refractivity contribution is 6.30. The van der Waals surface area contributed by atoms with Crippen LogP contribution in [-0.4, -0.2) is 39.2 Å². The van der Waals surface area contributed by atoms with Crippen molar-refractivity contribution in [1.29, 1.82) is 5.26 Å². The van der Waals surface area contributed by atoms with Gasteiger partial charge in [-0.2, -0.15) is 5.26 Å². The van der Waals surface area contributed by atoms with Crippen LogP contribution in [0.1, 0.15) is 48.0 Å². The number of ketones is 2. The highest BCUT2D eigenvalue weighted by atomic mass is 16.5. The third kappa shape index (κ3) is 3.32. The third-order valence-corrected chi connectivity index (χ3v) is 5.54. The molecule has 1 aliphatic rings. The van der Waals surface area contributed by atoms with E-state index in [0.29, 0.717) is 11.0 Å². The van der Waals surface area contributed by atoms with Crippen LogP contribution in [0, 0.1) is 11.3 Å². The van der Waals surface area contributed by atoms with Gasteiger partial charge in [0.15, 0.2) is 23.2 Å². The van der Waals surface area contributed by atoms with E-state index in [0.717, 1.165) is 0 Å². The van der Waals surface area contributed by atoms with Crippen molar-refractivity contribution in [2.75, 3.05) is 6.61 Å². The van der Waals surface area contributed by atoms with Gasteiger partial charge < -0.3 is 14.8 Å². The molecule has 8 nitrogen and oxygen atoms in total. The summed E-state index contributed by atoms with van der Waals surface area (Å²) in [6, 6.07) is 19.7. The molecule has 1 aromatic heterocycles. The molecular formula is C26H15N3O5. The zero-order valence-corrected chi connectivity index (χ0v) is 17.5. The van der Waals surface area contributed by atoms with E-state index in [-0.39, 0.29) is 45.0 Å². The number of rotatable bonds is 4. The molecule has 1 aliphatic carbocycles. The summed E-state index contributed by atoms with van der Waals surface area (Å²) < 4.78 is 5.20. The minimum Gasteiger partial charge on any atom is -0.507 e. The molecule has 2 N–H and O–H groups in total. The quantitative estimate of drug-likeness (QED) is 0.241. The number of nitrogens with zero attached hydrogens (tertiary/aromatic N) is 2. The van der Waals surface area contributed by atoms with Gasteiger partial charge in [-0.05, 0) is 18.2 Å². The van der Waals surface area contributed by atoms with Crippen molar-refractivity contribution in [3.05, 3.63) is 106 Å². The van der Waals surface area contributed by atoms with E-state index in [1.165, 1.54) is 24.3 Å². The number of imidazole rings is 1. The number of nitriles is 1. The van der Waals surface area contributed by atoms with Crippen LogP contribution in [0.15, 0.2) is 72.5 Å². The lowest BCUT2D eigenvalue weighted by atomic mass is 9.82. The summed E-state index contributed by atoms with van der Waals surface area (Å²) in [7, 11) is 0. The van der Waals surface area contributed by atoms with Crippen LogP contribution in [-0.2, 0) is 4.74 Å². The molecule has 164 valence electrons. The van der Waals surface area contributed by atoms with Gasteiger partial charge in [-0.1, -0.05) is 48.5 Å². The second-order valence-electron chi connectivity index (χ2n) is 7.54. The van der Waals surface area contributed by atoms with Crippen molar-refractivity contribution >= 4 is 34.1 Å². The van der Waals surface area contributed by atoms with Crippen molar-refractivity contribution in [2.24, 2.45) is 0 Å². The summed E-state index contributed by atoms with van der Waals surface area (Å²) in [5, 5.41) is 20.0. The summed E-state index contributed by atoms with van der Waals surface area (Å²) >= 11 is 0. The molecule has 1 heterocycles. The fraction of sp³-hybridized carbons (Fsp3) is 0.0385. The summed E-state index contributed by atoms with van der Waals surface area (Å²) in [6.45, 7) is -0.624. The van der Waals surface area contributed by atoms with Crippen LogP contribution in [0.25, 0.3) is 16.6 Å². The number of carbonyl (C=O) groups excluding carboxylic acids is 3. The van der Waals surface area contributed by atoms with Crippen LogP contribution >= 0.6 is 0 Å². The molecule has 34 heavy (non-hydrogen) atoms. The fourth-order valence-corrected chi connectivity index (χ4v) is 3.92. The SMILES string of the molecule is N#C/C(=C(/O)COC(=O)c1cccc2c1C(=O)c1ccccc1C2=O)c1nc2ccccc2[nH]1. The van der Waals surface area contributed by atoms with Gasteiger partial charge in [-0.3, -0.25) is 9.59 Å². The molecule has 3 aromatic carbocycles. The Morgan fingerprint density at radius 1 is 0.941 bits per heavy atom. The minimum absolute atomic E-state index is 0.0440. The Morgan fingerprint density at radius 3 is 2.35 bits per heavy atom. The van der Waals surface area contributed by atoms with Gasteiger partial charge in [-0.25, -0.2) is 9.78 Å². The maximum Gasteiger partial charge on any atom is 0.339 e. The van der Waals surface area contributed by atoms with E-state index in [2.05, 4.69) is 9.97 Å².